The smallest absolute Gasteiger partial charge is 0.227 e. The first-order valence-corrected chi connectivity index (χ1v) is 13.4. The molecule has 2 aliphatic heterocycles. The molecule has 36 heavy (non-hydrogen) atoms. The van der Waals surface area contributed by atoms with Crippen LogP contribution in [0, 0.1) is 11.7 Å². The van der Waals surface area contributed by atoms with Crippen LogP contribution in [0.15, 0.2) is 41.4 Å². The van der Waals surface area contributed by atoms with E-state index in [9.17, 15) is 8.60 Å². The van der Waals surface area contributed by atoms with Gasteiger partial charge in [-0.05, 0) is 30.2 Å². The number of piperazine rings is 1. The van der Waals surface area contributed by atoms with Crippen LogP contribution >= 0.6 is 0 Å². The average Bonchev–Trinajstić information content (AvgIpc) is 3.21. The first-order valence-electron chi connectivity index (χ1n) is 12.1. The average molecular weight is 511 g/mol. The Bertz CT molecular complexity index is 1280. The van der Waals surface area contributed by atoms with E-state index in [1.54, 1.807) is 18.3 Å². The number of rotatable bonds is 6. The minimum absolute atomic E-state index is 0.0156. The Morgan fingerprint density at radius 1 is 1.11 bits per heavy atom. The first kappa shape index (κ1) is 24.4. The predicted molar refractivity (Wildman–Crippen MR) is 141 cm³/mol. The standard InChI is InChI=1S/C25H31FN8OS/c1-16(2)21-15-19-22(36(21)35)23(28-18-7-5-6-17(26)14-18)30-25(29-19)34-12-10-33(11-13-34)20-8-9-27-31-24(20)32(3)4/h5-9,14,16,21H,10-13,15H2,1-4H3,(H,28,29,30). The summed E-state index contributed by atoms with van der Waals surface area (Å²) < 4.78 is 27.2. The van der Waals surface area contributed by atoms with Crippen molar-refractivity contribution in [2.75, 3.05) is 60.3 Å². The number of aromatic nitrogens is 4. The van der Waals surface area contributed by atoms with E-state index < -0.39 is 10.8 Å². The lowest BCUT2D eigenvalue weighted by Gasteiger charge is -2.37. The highest BCUT2D eigenvalue weighted by molar-refractivity contribution is 7.86. The van der Waals surface area contributed by atoms with Crippen molar-refractivity contribution in [2.24, 2.45) is 5.92 Å². The zero-order chi connectivity index (χ0) is 25.4. The molecular weight excluding hydrogens is 479 g/mol. The predicted octanol–water partition coefficient (Wildman–Crippen LogP) is 3.23. The number of hydrogen-bond acceptors (Lipinski definition) is 9. The van der Waals surface area contributed by atoms with E-state index in [0.717, 1.165) is 43.4 Å². The number of anilines is 5. The highest BCUT2D eigenvalue weighted by atomic mass is 32.2. The van der Waals surface area contributed by atoms with Crippen molar-refractivity contribution in [3.05, 3.63) is 48.0 Å². The topological polar surface area (TPSA) is 90.4 Å². The lowest BCUT2D eigenvalue weighted by Crippen LogP contribution is -2.47. The van der Waals surface area contributed by atoms with Crippen molar-refractivity contribution in [1.82, 2.24) is 20.2 Å². The molecule has 11 heteroatoms. The van der Waals surface area contributed by atoms with Gasteiger partial charge in [0.15, 0.2) is 11.6 Å². The molecule has 1 aromatic carbocycles. The van der Waals surface area contributed by atoms with E-state index in [1.165, 1.54) is 12.1 Å². The summed E-state index contributed by atoms with van der Waals surface area (Å²) in [5.74, 6) is 1.84. The number of benzene rings is 1. The molecule has 1 fully saturated rings. The minimum Gasteiger partial charge on any atom is -0.365 e. The Hall–Kier alpha value is -3.34. The molecule has 3 aromatic rings. The molecule has 0 aliphatic carbocycles. The summed E-state index contributed by atoms with van der Waals surface area (Å²) in [6.07, 6.45) is 2.36. The zero-order valence-corrected chi connectivity index (χ0v) is 21.8. The van der Waals surface area contributed by atoms with Crippen LogP contribution in [0.4, 0.5) is 33.3 Å². The largest absolute Gasteiger partial charge is 0.365 e. The van der Waals surface area contributed by atoms with Crippen LogP contribution in [-0.2, 0) is 17.2 Å². The molecule has 0 spiro atoms. The fourth-order valence-electron chi connectivity index (χ4n) is 4.69. The van der Waals surface area contributed by atoms with Gasteiger partial charge in [0, 0.05) is 57.6 Å². The molecule has 9 nitrogen and oxygen atoms in total. The van der Waals surface area contributed by atoms with Gasteiger partial charge in [-0.3, -0.25) is 4.21 Å². The molecule has 190 valence electrons. The summed E-state index contributed by atoms with van der Waals surface area (Å²) in [5.41, 5.74) is 2.43. The summed E-state index contributed by atoms with van der Waals surface area (Å²) in [7, 11) is 2.69. The summed E-state index contributed by atoms with van der Waals surface area (Å²) in [4.78, 5) is 16.8. The lowest BCUT2D eigenvalue weighted by atomic mass is 10.1. The normalized spacial score (nSPS) is 19.5. The van der Waals surface area contributed by atoms with Crippen LogP contribution in [0.3, 0.4) is 0 Å². The fourth-order valence-corrected chi connectivity index (χ4v) is 6.45. The lowest BCUT2D eigenvalue weighted by molar-refractivity contribution is 0.584. The van der Waals surface area contributed by atoms with Gasteiger partial charge in [-0.2, -0.15) is 10.1 Å². The molecule has 2 atom stereocenters. The Kier molecular flexibility index (Phi) is 6.74. The molecule has 2 aliphatic rings. The van der Waals surface area contributed by atoms with Gasteiger partial charge < -0.3 is 20.0 Å². The maximum Gasteiger partial charge on any atom is 0.227 e. The monoisotopic (exact) mass is 510 g/mol. The third-order valence-corrected chi connectivity index (χ3v) is 8.73. The molecule has 1 N–H and O–H groups in total. The fraction of sp³-hybridized carbons (Fsp3) is 0.440. The third-order valence-electron chi connectivity index (χ3n) is 6.63. The number of nitrogens with zero attached hydrogens (tertiary/aromatic N) is 7. The summed E-state index contributed by atoms with van der Waals surface area (Å²) in [6, 6.07) is 8.22. The van der Waals surface area contributed by atoms with Gasteiger partial charge in [0.25, 0.3) is 0 Å². The van der Waals surface area contributed by atoms with E-state index >= 15 is 0 Å². The molecule has 2 unspecified atom stereocenters. The second kappa shape index (κ2) is 9.96. The SMILES string of the molecule is CC(C)C1Cc2nc(N3CCN(c4ccnnc4N(C)C)CC3)nc(Nc3cccc(F)c3)c2S1=O. The van der Waals surface area contributed by atoms with Gasteiger partial charge in [0.05, 0.1) is 28.4 Å². The Balaban J connectivity index is 1.43. The third kappa shape index (κ3) is 4.71. The highest BCUT2D eigenvalue weighted by Crippen LogP contribution is 2.37. The quantitative estimate of drug-likeness (QED) is 0.537. The molecular formula is C25H31FN8OS. The van der Waals surface area contributed by atoms with Crippen LogP contribution in [-0.4, -0.2) is 69.9 Å². The molecule has 0 radical (unpaired) electrons. The van der Waals surface area contributed by atoms with Crippen LogP contribution in [0.25, 0.3) is 0 Å². The first-order chi connectivity index (χ1) is 17.3. The number of halogens is 1. The maximum atomic E-state index is 13.9. The molecule has 1 saturated heterocycles. The van der Waals surface area contributed by atoms with Gasteiger partial charge in [-0.15, -0.1) is 5.10 Å². The second-order valence-electron chi connectivity index (χ2n) is 9.68. The van der Waals surface area contributed by atoms with Gasteiger partial charge in [-0.25, -0.2) is 9.37 Å². The van der Waals surface area contributed by atoms with E-state index in [1.807, 2.05) is 25.1 Å². The van der Waals surface area contributed by atoms with Crippen LogP contribution in [0.2, 0.25) is 0 Å². The van der Waals surface area contributed by atoms with Crippen molar-refractivity contribution in [3.63, 3.8) is 0 Å². The van der Waals surface area contributed by atoms with E-state index in [0.29, 0.717) is 28.8 Å². The Labute approximate surface area is 213 Å². The number of hydrogen-bond donors (Lipinski definition) is 1. The number of nitrogens with one attached hydrogen (secondary N) is 1. The van der Waals surface area contributed by atoms with Crippen LogP contribution in [0.1, 0.15) is 19.5 Å². The van der Waals surface area contributed by atoms with Gasteiger partial charge in [0.2, 0.25) is 5.95 Å². The molecule has 2 aromatic heterocycles. The summed E-state index contributed by atoms with van der Waals surface area (Å²) in [5, 5.41) is 11.5. The number of fused-ring (bicyclic) bond motifs is 1. The molecule has 4 heterocycles. The summed E-state index contributed by atoms with van der Waals surface area (Å²) in [6.45, 7) is 7.17. The van der Waals surface area contributed by atoms with Gasteiger partial charge in [0.1, 0.15) is 10.7 Å². The van der Waals surface area contributed by atoms with Crippen LogP contribution in [0.5, 0.6) is 0 Å². The Morgan fingerprint density at radius 3 is 2.56 bits per heavy atom. The van der Waals surface area contributed by atoms with Crippen molar-refractivity contribution >= 4 is 39.8 Å². The van der Waals surface area contributed by atoms with Gasteiger partial charge >= 0.3 is 0 Å². The van der Waals surface area contributed by atoms with Crippen LogP contribution < -0.4 is 20.0 Å². The van der Waals surface area contributed by atoms with E-state index in [2.05, 4.69) is 39.2 Å². The molecule has 5 rings (SSSR count). The van der Waals surface area contributed by atoms with Crippen molar-refractivity contribution in [2.45, 2.75) is 30.4 Å². The van der Waals surface area contributed by atoms with Crippen molar-refractivity contribution < 1.29 is 8.60 Å². The second-order valence-corrected chi connectivity index (χ2v) is 11.3. The Morgan fingerprint density at radius 2 is 1.86 bits per heavy atom. The molecule has 0 bridgehead atoms. The van der Waals surface area contributed by atoms with Crippen molar-refractivity contribution in [1.29, 1.82) is 0 Å². The highest BCUT2D eigenvalue weighted by Gasteiger charge is 2.37. The van der Waals surface area contributed by atoms with Crippen molar-refractivity contribution in [3.8, 4) is 0 Å². The van der Waals surface area contributed by atoms with Gasteiger partial charge in [-0.1, -0.05) is 19.9 Å². The summed E-state index contributed by atoms with van der Waals surface area (Å²) >= 11 is 0. The minimum atomic E-state index is -1.23. The van der Waals surface area contributed by atoms with E-state index in [-0.39, 0.29) is 17.0 Å². The molecule has 0 amide bonds. The molecule has 0 saturated carbocycles. The zero-order valence-electron chi connectivity index (χ0n) is 21.0. The maximum absolute atomic E-state index is 13.9. The van der Waals surface area contributed by atoms with E-state index in [4.69, 9.17) is 9.97 Å².